The number of hydrogen-bond acceptors (Lipinski definition) is 1. The maximum absolute atomic E-state index is 13.3. The second-order valence-corrected chi connectivity index (χ2v) is 10.2. The molecule has 0 N–H and O–H groups in total. The van der Waals surface area contributed by atoms with E-state index in [0.717, 1.165) is 29.7 Å². The summed E-state index contributed by atoms with van der Waals surface area (Å²) in [5, 5.41) is 0. The lowest BCUT2D eigenvalue weighted by Gasteiger charge is -2.56. The van der Waals surface area contributed by atoms with E-state index in [2.05, 4.69) is 45.9 Å². The second-order valence-electron chi connectivity index (χ2n) is 10.2. The van der Waals surface area contributed by atoms with Gasteiger partial charge in [0.05, 0.1) is 0 Å². The van der Waals surface area contributed by atoms with Crippen molar-refractivity contribution in [2.45, 2.75) is 84.5 Å². The van der Waals surface area contributed by atoms with Gasteiger partial charge in [0, 0.05) is 12.0 Å². The average Bonchev–Trinajstić information content (AvgIpc) is 2.52. The number of carbonyl (C=O) groups excluding carboxylic acids is 1. The van der Waals surface area contributed by atoms with Crippen molar-refractivity contribution in [3.63, 3.8) is 0 Å². The lowest BCUT2D eigenvalue weighted by molar-refractivity contribution is -0.0524. The first-order valence-corrected chi connectivity index (χ1v) is 10.5. The molecular formula is C24H34O. The molecule has 4 fully saturated rings. The van der Waals surface area contributed by atoms with Crippen LogP contribution in [0, 0.1) is 23.2 Å². The summed E-state index contributed by atoms with van der Waals surface area (Å²) in [5.41, 5.74) is 3.97. The number of benzene rings is 1. The molecule has 0 radical (unpaired) electrons. The summed E-state index contributed by atoms with van der Waals surface area (Å²) in [6.45, 7) is 8.91. The Morgan fingerprint density at radius 1 is 0.960 bits per heavy atom. The van der Waals surface area contributed by atoms with Crippen LogP contribution in [0.2, 0.25) is 0 Å². The van der Waals surface area contributed by atoms with E-state index in [4.69, 9.17) is 0 Å². The van der Waals surface area contributed by atoms with Crippen molar-refractivity contribution in [2.75, 3.05) is 0 Å². The normalized spacial score (nSPS) is 33.4. The Kier molecular flexibility index (Phi) is 4.33. The molecule has 1 aromatic rings. The first-order valence-electron chi connectivity index (χ1n) is 10.5. The van der Waals surface area contributed by atoms with Crippen LogP contribution in [0.25, 0.3) is 0 Å². The van der Waals surface area contributed by atoms with E-state index in [9.17, 15) is 4.79 Å². The summed E-state index contributed by atoms with van der Waals surface area (Å²) in [5.74, 6) is 4.12. The zero-order valence-corrected chi connectivity index (χ0v) is 16.5. The minimum absolute atomic E-state index is 0.344. The largest absolute Gasteiger partial charge is 0.294 e. The average molecular weight is 339 g/mol. The van der Waals surface area contributed by atoms with Gasteiger partial charge in [-0.3, -0.25) is 4.79 Å². The van der Waals surface area contributed by atoms with Gasteiger partial charge in [0.1, 0.15) is 0 Å². The fourth-order valence-electron chi connectivity index (χ4n) is 6.61. The molecule has 5 rings (SSSR count). The summed E-state index contributed by atoms with van der Waals surface area (Å²) < 4.78 is 0. The van der Waals surface area contributed by atoms with Crippen LogP contribution >= 0.6 is 0 Å². The summed E-state index contributed by atoms with van der Waals surface area (Å²) in [6, 6.07) is 6.61. The standard InChI is InChI=1S/C24H34O/c1-15(2)20-5-6-21(22(10-20)16(3)4)23(25)14-24-11-17-7-18(12-24)9-19(8-17)13-24/h5-6,10,15-19H,7-9,11-14H2,1-4H3. The Bertz CT molecular complexity index is 631. The van der Waals surface area contributed by atoms with Crippen molar-refractivity contribution in [3.05, 3.63) is 34.9 Å². The number of ketones is 1. The van der Waals surface area contributed by atoms with E-state index in [1.54, 1.807) is 0 Å². The fourth-order valence-corrected chi connectivity index (χ4v) is 6.61. The smallest absolute Gasteiger partial charge is 0.163 e. The van der Waals surface area contributed by atoms with E-state index in [0.29, 0.717) is 23.0 Å². The first-order chi connectivity index (χ1) is 11.8. The molecular weight excluding hydrogens is 304 g/mol. The predicted octanol–water partition coefficient (Wildman–Crippen LogP) is 6.72. The van der Waals surface area contributed by atoms with Gasteiger partial charge >= 0.3 is 0 Å². The minimum atomic E-state index is 0.344. The number of Topliss-reactive ketones (excluding diaryl/α,β-unsaturated/α-hetero) is 1. The Hall–Kier alpha value is -1.11. The van der Waals surface area contributed by atoms with E-state index in [1.165, 1.54) is 49.7 Å². The van der Waals surface area contributed by atoms with Gasteiger partial charge in [-0.05, 0) is 84.7 Å². The maximum atomic E-state index is 13.3. The number of hydrogen-bond donors (Lipinski definition) is 0. The van der Waals surface area contributed by atoms with Crippen molar-refractivity contribution in [2.24, 2.45) is 23.2 Å². The summed E-state index contributed by atoms with van der Waals surface area (Å²) in [4.78, 5) is 13.3. The summed E-state index contributed by atoms with van der Waals surface area (Å²) >= 11 is 0. The van der Waals surface area contributed by atoms with E-state index in [-0.39, 0.29) is 0 Å². The lowest BCUT2D eigenvalue weighted by Crippen LogP contribution is -2.46. The molecule has 0 saturated heterocycles. The van der Waals surface area contributed by atoms with Crippen LogP contribution in [0.4, 0.5) is 0 Å². The molecule has 4 saturated carbocycles. The summed E-state index contributed by atoms with van der Waals surface area (Å²) in [7, 11) is 0. The second kappa shape index (κ2) is 6.25. The topological polar surface area (TPSA) is 17.1 Å². The maximum Gasteiger partial charge on any atom is 0.163 e. The molecule has 0 heterocycles. The van der Waals surface area contributed by atoms with Crippen LogP contribution in [0.1, 0.15) is 106 Å². The molecule has 0 amide bonds. The van der Waals surface area contributed by atoms with Gasteiger partial charge < -0.3 is 0 Å². The van der Waals surface area contributed by atoms with Crippen LogP contribution in [0.3, 0.4) is 0 Å². The molecule has 0 spiro atoms. The molecule has 4 bridgehead atoms. The summed E-state index contributed by atoms with van der Waals surface area (Å²) in [6.07, 6.45) is 9.13. The van der Waals surface area contributed by atoms with Gasteiger partial charge in [-0.1, -0.05) is 45.9 Å². The molecule has 0 aromatic heterocycles. The molecule has 0 atom stereocenters. The Labute approximate surface area is 153 Å². The number of rotatable bonds is 5. The quantitative estimate of drug-likeness (QED) is 0.544. The van der Waals surface area contributed by atoms with E-state index in [1.807, 2.05) is 0 Å². The molecule has 4 aliphatic carbocycles. The molecule has 1 heteroatoms. The Balaban J connectivity index is 1.59. The highest BCUT2D eigenvalue weighted by atomic mass is 16.1. The van der Waals surface area contributed by atoms with E-state index < -0.39 is 0 Å². The van der Waals surface area contributed by atoms with Crippen LogP contribution in [0.15, 0.2) is 18.2 Å². The van der Waals surface area contributed by atoms with Gasteiger partial charge in [0.15, 0.2) is 5.78 Å². The zero-order valence-electron chi connectivity index (χ0n) is 16.5. The minimum Gasteiger partial charge on any atom is -0.294 e. The molecule has 4 aliphatic rings. The lowest BCUT2D eigenvalue weighted by atomic mass is 9.48. The van der Waals surface area contributed by atoms with Gasteiger partial charge in [0.25, 0.3) is 0 Å². The van der Waals surface area contributed by atoms with E-state index >= 15 is 0 Å². The predicted molar refractivity (Wildman–Crippen MR) is 104 cm³/mol. The zero-order chi connectivity index (χ0) is 17.8. The van der Waals surface area contributed by atoms with Gasteiger partial charge in [-0.25, -0.2) is 0 Å². The Morgan fingerprint density at radius 3 is 2.00 bits per heavy atom. The third-order valence-corrected chi connectivity index (χ3v) is 7.37. The van der Waals surface area contributed by atoms with Crippen LogP contribution in [-0.2, 0) is 0 Å². The molecule has 0 unspecified atom stereocenters. The Morgan fingerprint density at radius 2 is 1.52 bits per heavy atom. The number of carbonyl (C=O) groups is 1. The fraction of sp³-hybridized carbons (Fsp3) is 0.708. The highest BCUT2D eigenvalue weighted by Crippen LogP contribution is 2.61. The van der Waals surface area contributed by atoms with Crippen LogP contribution in [-0.4, -0.2) is 5.78 Å². The highest BCUT2D eigenvalue weighted by Gasteiger charge is 2.51. The molecule has 0 aliphatic heterocycles. The van der Waals surface area contributed by atoms with Crippen molar-refractivity contribution in [1.82, 2.24) is 0 Å². The third kappa shape index (κ3) is 3.20. The first kappa shape index (κ1) is 17.3. The van der Waals surface area contributed by atoms with Gasteiger partial charge in [-0.15, -0.1) is 0 Å². The van der Waals surface area contributed by atoms with Crippen molar-refractivity contribution < 1.29 is 4.79 Å². The SMILES string of the molecule is CC(C)c1ccc(C(=O)CC23CC4CC(CC(C4)C2)C3)c(C(C)C)c1. The van der Waals surface area contributed by atoms with Crippen molar-refractivity contribution in [3.8, 4) is 0 Å². The molecule has 136 valence electrons. The monoisotopic (exact) mass is 338 g/mol. The third-order valence-electron chi connectivity index (χ3n) is 7.37. The van der Waals surface area contributed by atoms with Crippen LogP contribution in [0.5, 0.6) is 0 Å². The molecule has 1 nitrogen and oxygen atoms in total. The van der Waals surface area contributed by atoms with Crippen LogP contribution < -0.4 is 0 Å². The van der Waals surface area contributed by atoms with Crippen molar-refractivity contribution >= 4 is 5.78 Å². The highest BCUT2D eigenvalue weighted by molar-refractivity contribution is 5.98. The van der Waals surface area contributed by atoms with Crippen molar-refractivity contribution in [1.29, 1.82) is 0 Å². The molecule has 25 heavy (non-hydrogen) atoms. The van der Waals surface area contributed by atoms with Gasteiger partial charge in [0.2, 0.25) is 0 Å². The molecule has 1 aromatic carbocycles. The van der Waals surface area contributed by atoms with Gasteiger partial charge in [-0.2, -0.15) is 0 Å².